The molecule has 0 fully saturated rings. The molecule has 0 aliphatic carbocycles. The number of rotatable bonds is 8. The minimum absolute atomic E-state index is 0.0832. The molecule has 0 saturated heterocycles. The second kappa shape index (κ2) is 7.59. The van der Waals surface area contributed by atoms with Crippen LogP contribution in [0, 0.1) is 10.1 Å². The highest BCUT2D eigenvalue weighted by Crippen LogP contribution is 2.27. The van der Waals surface area contributed by atoms with Gasteiger partial charge in [-0.25, -0.2) is 0 Å². The first-order valence-corrected chi connectivity index (χ1v) is 5.38. The second-order valence-electron chi connectivity index (χ2n) is 3.40. The average Bonchev–Trinajstić information content (AvgIpc) is 2.38. The number of aliphatic hydroxyl groups excluding tert-OH is 2. The molecule has 0 saturated carbocycles. The molecule has 0 spiro atoms. The molecule has 1 aromatic carbocycles. The van der Waals surface area contributed by atoms with E-state index < -0.39 is 4.92 Å². The summed E-state index contributed by atoms with van der Waals surface area (Å²) in [6, 6.07) is 4.17. The molecule has 0 radical (unpaired) electrons. The van der Waals surface area contributed by atoms with Gasteiger partial charge in [0.1, 0.15) is 6.61 Å². The van der Waals surface area contributed by atoms with Crippen molar-refractivity contribution in [2.45, 2.75) is 6.61 Å². The van der Waals surface area contributed by atoms with Gasteiger partial charge in [-0.1, -0.05) is 0 Å². The van der Waals surface area contributed by atoms with Gasteiger partial charge in [0.2, 0.25) is 0 Å². The standard InChI is InChI=1S/C11H15NO6/c13-3-4-17-5-6-18-11-7-9(8-14)1-2-10(11)12(15)16/h1-2,7,13-14H,3-6,8H2. The number of aliphatic hydroxyl groups is 2. The zero-order chi connectivity index (χ0) is 13.4. The summed E-state index contributed by atoms with van der Waals surface area (Å²) in [5.41, 5.74) is 0.376. The van der Waals surface area contributed by atoms with Crippen LogP contribution in [0.1, 0.15) is 5.56 Å². The SMILES string of the molecule is O=[N+]([O-])c1ccc(CO)cc1OCCOCCO. The van der Waals surface area contributed by atoms with Crippen LogP contribution in [0.5, 0.6) is 5.75 Å². The smallest absolute Gasteiger partial charge is 0.310 e. The lowest BCUT2D eigenvalue weighted by Gasteiger charge is -2.08. The summed E-state index contributed by atoms with van der Waals surface area (Å²) in [6.07, 6.45) is 0. The molecule has 18 heavy (non-hydrogen) atoms. The Balaban J connectivity index is 2.63. The molecule has 0 atom stereocenters. The second-order valence-corrected chi connectivity index (χ2v) is 3.40. The third-order valence-corrected chi connectivity index (χ3v) is 2.12. The van der Waals surface area contributed by atoms with E-state index in [9.17, 15) is 10.1 Å². The first kappa shape index (κ1) is 14.4. The Labute approximate surface area is 104 Å². The minimum Gasteiger partial charge on any atom is -0.484 e. The maximum atomic E-state index is 10.8. The molecule has 7 nitrogen and oxygen atoms in total. The molecule has 100 valence electrons. The lowest BCUT2D eigenvalue weighted by atomic mass is 10.2. The van der Waals surface area contributed by atoms with Gasteiger partial charge >= 0.3 is 5.69 Å². The summed E-state index contributed by atoms with van der Waals surface area (Å²) < 4.78 is 10.2. The van der Waals surface area contributed by atoms with Crippen molar-refractivity contribution < 1.29 is 24.6 Å². The molecule has 0 unspecified atom stereocenters. The number of ether oxygens (including phenoxy) is 2. The van der Waals surface area contributed by atoms with Gasteiger partial charge in [-0.15, -0.1) is 0 Å². The molecule has 1 rings (SSSR count). The lowest BCUT2D eigenvalue weighted by Crippen LogP contribution is -2.10. The average molecular weight is 257 g/mol. The van der Waals surface area contributed by atoms with E-state index in [2.05, 4.69) is 0 Å². The van der Waals surface area contributed by atoms with Crippen LogP contribution in [0.15, 0.2) is 18.2 Å². The normalized spacial score (nSPS) is 10.3. The molecule has 1 aromatic rings. The van der Waals surface area contributed by atoms with E-state index in [0.29, 0.717) is 5.56 Å². The molecule has 7 heteroatoms. The maximum absolute atomic E-state index is 10.8. The number of nitro benzene ring substituents is 1. The topological polar surface area (TPSA) is 102 Å². The van der Waals surface area contributed by atoms with Gasteiger partial charge in [0.15, 0.2) is 5.75 Å². The third-order valence-electron chi connectivity index (χ3n) is 2.12. The molecule has 0 amide bonds. The third kappa shape index (κ3) is 4.28. The van der Waals surface area contributed by atoms with Gasteiger partial charge in [-0.3, -0.25) is 10.1 Å². The Morgan fingerprint density at radius 1 is 1.22 bits per heavy atom. The van der Waals surface area contributed by atoms with E-state index >= 15 is 0 Å². The monoisotopic (exact) mass is 257 g/mol. The predicted octanol–water partition coefficient (Wildman–Crippen LogP) is 0.475. The molecule has 2 N–H and O–H groups in total. The molecule has 0 aliphatic heterocycles. The van der Waals surface area contributed by atoms with Crippen LogP contribution in [0.2, 0.25) is 0 Å². The number of nitro groups is 1. The van der Waals surface area contributed by atoms with E-state index in [1.165, 1.54) is 18.2 Å². The first-order chi connectivity index (χ1) is 8.69. The Morgan fingerprint density at radius 2 is 2.00 bits per heavy atom. The van der Waals surface area contributed by atoms with Crippen LogP contribution in [-0.2, 0) is 11.3 Å². The van der Waals surface area contributed by atoms with Crippen LogP contribution < -0.4 is 4.74 Å². The quantitative estimate of drug-likeness (QED) is 0.399. The molecular formula is C11H15NO6. The van der Waals surface area contributed by atoms with Gasteiger partial charge in [-0.05, 0) is 17.7 Å². The summed E-state index contributed by atoms with van der Waals surface area (Å²) >= 11 is 0. The molecule has 0 aliphatic rings. The minimum atomic E-state index is -0.551. The Bertz CT molecular complexity index is 395. The fourth-order valence-corrected chi connectivity index (χ4v) is 1.30. The highest BCUT2D eigenvalue weighted by molar-refractivity contribution is 5.48. The fraction of sp³-hybridized carbons (Fsp3) is 0.455. The Morgan fingerprint density at radius 3 is 2.61 bits per heavy atom. The van der Waals surface area contributed by atoms with E-state index in [-0.39, 0.29) is 44.5 Å². The van der Waals surface area contributed by atoms with Crippen molar-refractivity contribution in [3.05, 3.63) is 33.9 Å². The van der Waals surface area contributed by atoms with Crippen LogP contribution in [0.3, 0.4) is 0 Å². The Kier molecular flexibility index (Phi) is 6.06. The Hall–Kier alpha value is -1.70. The predicted molar refractivity (Wildman–Crippen MR) is 62.4 cm³/mol. The number of hydrogen-bond acceptors (Lipinski definition) is 6. The van der Waals surface area contributed by atoms with Crippen molar-refractivity contribution in [1.29, 1.82) is 0 Å². The summed E-state index contributed by atoms with van der Waals surface area (Å²) in [4.78, 5) is 10.2. The van der Waals surface area contributed by atoms with E-state index in [0.717, 1.165) is 0 Å². The highest BCUT2D eigenvalue weighted by atomic mass is 16.6. The summed E-state index contributed by atoms with van der Waals surface area (Å²) in [5, 5.41) is 28.2. The van der Waals surface area contributed by atoms with E-state index in [1.807, 2.05) is 0 Å². The zero-order valence-electron chi connectivity index (χ0n) is 9.74. The maximum Gasteiger partial charge on any atom is 0.310 e. The van der Waals surface area contributed by atoms with Crippen LogP contribution >= 0.6 is 0 Å². The van der Waals surface area contributed by atoms with Gasteiger partial charge in [0, 0.05) is 6.07 Å². The number of benzene rings is 1. The summed E-state index contributed by atoms with van der Waals surface area (Å²) in [7, 11) is 0. The molecule has 0 aromatic heterocycles. The van der Waals surface area contributed by atoms with Gasteiger partial charge in [0.25, 0.3) is 0 Å². The van der Waals surface area contributed by atoms with Crippen molar-refractivity contribution >= 4 is 5.69 Å². The van der Waals surface area contributed by atoms with Gasteiger partial charge in [-0.2, -0.15) is 0 Å². The molecular weight excluding hydrogens is 242 g/mol. The van der Waals surface area contributed by atoms with E-state index in [1.54, 1.807) is 0 Å². The molecule has 0 bridgehead atoms. The zero-order valence-corrected chi connectivity index (χ0v) is 9.74. The van der Waals surface area contributed by atoms with Crippen LogP contribution in [-0.4, -0.2) is 41.6 Å². The van der Waals surface area contributed by atoms with Gasteiger partial charge < -0.3 is 19.7 Å². The van der Waals surface area contributed by atoms with Crippen molar-refractivity contribution in [3.63, 3.8) is 0 Å². The van der Waals surface area contributed by atoms with Gasteiger partial charge in [0.05, 0.1) is 31.4 Å². The fourth-order valence-electron chi connectivity index (χ4n) is 1.30. The number of nitrogens with zero attached hydrogens (tertiary/aromatic N) is 1. The summed E-state index contributed by atoms with van der Waals surface area (Å²) in [5.74, 6) is 0.0964. The highest BCUT2D eigenvalue weighted by Gasteiger charge is 2.15. The largest absolute Gasteiger partial charge is 0.484 e. The summed E-state index contributed by atoms with van der Waals surface area (Å²) in [6.45, 7) is 0.258. The molecule has 0 heterocycles. The first-order valence-electron chi connectivity index (χ1n) is 5.38. The van der Waals surface area contributed by atoms with Crippen molar-refractivity contribution in [3.8, 4) is 5.75 Å². The van der Waals surface area contributed by atoms with Crippen molar-refractivity contribution in [1.82, 2.24) is 0 Å². The lowest BCUT2D eigenvalue weighted by molar-refractivity contribution is -0.385. The van der Waals surface area contributed by atoms with E-state index in [4.69, 9.17) is 19.7 Å². The van der Waals surface area contributed by atoms with Crippen molar-refractivity contribution in [2.24, 2.45) is 0 Å². The number of hydrogen-bond donors (Lipinski definition) is 2. The van der Waals surface area contributed by atoms with Crippen molar-refractivity contribution in [2.75, 3.05) is 26.4 Å². The van der Waals surface area contributed by atoms with Crippen LogP contribution in [0.25, 0.3) is 0 Å². The van der Waals surface area contributed by atoms with Crippen LogP contribution in [0.4, 0.5) is 5.69 Å².